The highest BCUT2D eigenvalue weighted by Crippen LogP contribution is 2.30. The second kappa shape index (κ2) is 10.6. The second-order valence-corrected chi connectivity index (χ2v) is 10.5. The summed E-state index contributed by atoms with van der Waals surface area (Å²) in [5.41, 5.74) is 4.82. The lowest BCUT2D eigenvalue weighted by Crippen LogP contribution is -2.34. The van der Waals surface area contributed by atoms with Crippen molar-refractivity contribution in [3.8, 4) is 11.3 Å². The number of para-hydroxylation sites is 1. The fraction of sp³-hybridized carbons (Fsp3) is 0.226. The first-order valence-corrected chi connectivity index (χ1v) is 14.0. The van der Waals surface area contributed by atoms with E-state index in [0.717, 1.165) is 63.7 Å². The van der Waals surface area contributed by atoms with E-state index in [1.54, 1.807) is 6.92 Å². The molecule has 2 aromatic heterocycles. The number of carbonyl (C=O) groups is 2. The van der Waals surface area contributed by atoms with Crippen LogP contribution in [0.5, 0.6) is 0 Å². The number of benzene rings is 3. The number of carbonyl (C=O) groups excluding carboxylic acids is 2. The number of rotatable bonds is 6. The number of thiazole rings is 1. The molecule has 6 rings (SSSR count). The molecule has 3 heterocycles. The van der Waals surface area contributed by atoms with Gasteiger partial charge in [-0.25, -0.2) is 9.78 Å². The Morgan fingerprint density at radius 1 is 1.05 bits per heavy atom. The smallest absolute Gasteiger partial charge is 0.339 e. The summed E-state index contributed by atoms with van der Waals surface area (Å²) >= 11 is 1.34. The Bertz CT molecular complexity index is 1710. The summed E-state index contributed by atoms with van der Waals surface area (Å²) in [6, 6.07) is 21.9. The molecule has 1 amide bonds. The summed E-state index contributed by atoms with van der Waals surface area (Å²) in [6.07, 6.45) is -0.229. The third kappa shape index (κ3) is 5.01. The summed E-state index contributed by atoms with van der Waals surface area (Å²) in [6.45, 7) is 6.10. The lowest BCUT2D eigenvalue weighted by Gasteiger charge is -2.29. The number of ether oxygens (including phenoxy) is 1. The Morgan fingerprint density at radius 2 is 1.85 bits per heavy atom. The largest absolute Gasteiger partial charge is 0.449 e. The van der Waals surface area contributed by atoms with Gasteiger partial charge in [-0.3, -0.25) is 20.0 Å². The molecule has 0 saturated carbocycles. The predicted octanol–water partition coefficient (Wildman–Crippen LogP) is 6.07. The number of anilines is 1. The molecule has 3 aromatic carbocycles. The van der Waals surface area contributed by atoms with Gasteiger partial charge in [0, 0.05) is 47.1 Å². The van der Waals surface area contributed by atoms with Crippen LogP contribution in [0.25, 0.3) is 32.9 Å². The molecular formula is C31H28N4O3S. The molecule has 0 bridgehead atoms. The van der Waals surface area contributed by atoms with Gasteiger partial charge in [-0.05, 0) is 36.4 Å². The van der Waals surface area contributed by atoms with E-state index in [4.69, 9.17) is 9.72 Å². The molecule has 1 aliphatic rings. The van der Waals surface area contributed by atoms with E-state index >= 15 is 0 Å². The Labute approximate surface area is 230 Å². The Morgan fingerprint density at radius 3 is 2.69 bits per heavy atom. The highest BCUT2D eigenvalue weighted by Gasteiger charge is 2.28. The van der Waals surface area contributed by atoms with E-state index in [9.17, 15) is 9.59 Å². The molecule has 1 aliphatic heterocycles. The normalized spacial score (nSPS) is 14.2. The number of hydrogen-bond donors (Lipinski definition) is 1. The minimum atomic E-state index is -1.00. The van der Waals surface area contributed by atoms with E-state index in [-0.39, 0.29) is 0 Å². The maximum absolute atomic E-state index is 13.5. The minimum absolute atomic E-state index is 0.426. The SMILES string of the molecule is CCN1CCc2nc3ccccc3c(C(=O)OC(C)C(=O)Nc3nc(-c4ccc5ccccc5c4)cs3)c2C1. The van der Waals surface area contributed by atoms with Crippen LogP contribution in [-0.4, -0.2) is 45.9 Å². The van der Waals surface area contributed by atoms with Crippen molar-refractivity contribution in [3.05, 3.63) is 88.9 Å². The number of pyridine rings is 1. The zero-order valence-corrected chi connectivity index (χ0v) is 22.6. The van der Waals surface area contributed by atoms with Crippen LogP contribution in [0.3, 0.4) is 0 Å². The van der Waals surface area contributed by atoms with Gasteiger partial charge in [-0.2, -0.15) is 0 Å². The van der Waals surface area contributed by atoms with Crippen molar-refractivity contribution in [1.82, 2.24) is 14.9 Å². The lowest BCUT2D eigenvalue weighted by atomic mass is 9.95. The number of nitrogens with one attached hydrogen (secondary N) is 1. The van der Waals surface area contributed by atoms with Gasteiger partial charge in [0.2, 0.25) is 0 Å². The summed E-state index contributed by atoms with van der Waals surface area (Å²) in [5, 5.41) is 8.20. The van der Waals surface area contributed by atoms with Gasteiger partial charge in [0.05, 0.1) is 16.8 Å². The third-order valence-corrected chi connectivity index (χ3v) is 7.97. The molecule has 1 atom stereocenters. The van der Waals surface area contributed by atoms with Gasteiger partial charge >= 0.3 is 5.97 Å². The number of aromatic nitrogens is 2. The maximum Gasteiger partial charge on any atom is 0.339 e. The van der Waals surface area contributed by atoms with Crippen molar-refractivity contribution in [2.24, 2.45) is 0 Å². The van der Waals surface area contributed by atoms with Gasteiger partial charge in [-0.1, -0.05) is 61.5 Å². The topological polar surface area (TPSA) is 84.4 Å². The van der Waals surface area contributed by atoms with Crippen LogP contribution in [0.4, 0.5) is 5.13 Å². The molecule has 0 radical (unpaired) electrons. The van der Waals surface area contributed by atoms with Crippen molar-refractivity contribution < 1.29 is 14.3 Å². The molecule has 0 saturated heterocycles. The summed E-state index contributed by atoms with van der Waals surface area (Å²) in [7, 11) is 0. The van der Waals surface area contributed by atoms with Gasteiger partial charge in [0.1, 0.15) is 0 Å². The average molecular weight is 537 g/mol. The van der Waals surface area contributed by atoms with Crippen molar-refractivity contribution in [2.75, 3.05) is 18.4 Å². The number of nitrogens with zero attached hydrogens (tertiary/aromatic N) is 3. The summed E-state index contributed by atoms with van der Waals surface area (Å²) < 4.78 is 5.73. The Kier molecular flexibility index (Phi) is 6.81. The minimum Gasteiger partial charge on any atom is -0.449 e. The van der Waals surface area contributed by atoms with Crippen molar-refractivity contribution >= 4 is 50.0 Å². The van der Waals surface area contributed by atoms with Crippen molar-refractivity contribution in [2.45, 2.75) is 32.9 Å². The molecule has 0 fully saturated rings. The Balaban J connectivity index is 1.20. The molecule has 0 spiro atoms. The zero-order chi connectivity index (χ0) is 26.9. The predicted molar refractivity (Wildman–Crippen MR) is 155 cm³/mol. The quantitative estimate of drug-likeness (QED) is 0.265. The van der Waals surface area contributed by atoms with E-state index < -0.39 is 18.0 Å². The highest BCUT2D eigenvalue weighted by atomic mass is 32.1. The van der Waals surface area contributed by atoms with Crippen LogP contribution >= 0.6 is 11.3 Å². The second-order valence-electron chi connectivity index (χ2n) is 9.68. The first kappa shape index (κ1) is 25.2. The number of likely N-dealkylation sites (N-methyl/N-ethyl adjacent to an activating group) is 1. The van der Waals surface area contributed by atoms with E-state index in [0.29, 0.717) is 17.2 Å². The monoisotopic (exact) mass is 536 g/mol. The molecule has 196 valence electrons. The first-order chi connectivity index (χ1) is 19.0. The molecular weight excluding hydrogens is 508 g/mol. The zero-order valence-electron chi connectivity index (χ0n) is 21.8. The number of fused-ring (bicyclic) bond motifs is 3. The van der Waals surface area contributed by atoms with Crippen LogP contribution < -0.4 is 5.32 Å². The number of amides is 1. The number of esters is 1. The van der Waals surface area contributed by atoms with Crippen molar-refractivity contribution in [1.29, 1.82) is 0 Å². The fourth-order valence-electron chi connectivity index (χ4n) is 5.04. The van der Waals surface area contributed by atoms with Crippen LogP contribution in [0.2, 0.25) is 0 Å². The van der Waals surface area contributed by atoms with Gasteiger partial charge < -0.3 is 4.74 Å². The third-order valence-electron chi connectivity index (χ3n) is 7.21. The average Bonchev–Trinajstić information content (AvgIpc) is 3.43. The molecule has 39 heavy (non-hydrogen) atoms. The highest BCUT2D eigenvalue weighted by molar-refractivity contribution is 7.14. The molecule has 7 nitrogen and oxygen atoms in total. The fourth-order valence-corrected chi connectivity index (χ4v) is 5.76. The summed E-state index contributed by atoms with van der Waals surface area (Å²) in [4.78, 5) is 38.2. The first-order valence-electron chi connectivity index (χ1n) is 13.1. The lowest BCUT2D eigenvalue weighted by molar-refractivity contribution is -0.123. The molecule has 1 N–H and O–H groups in total. The van der Waals surface area contributed by atoms with Crippen LogP contribution in [0, 0.1) is 0 Å². The number of hydrogen-bond acceptors (Lipinski definition) is 7. The van der Waals surface area contributed by atoms with Crippen LogP contribution in [0.1, 0.15) is 35.5 Å². The van der Waals surface area contributed by atoms with Gasteiger partial charge in [0.15, 0.2) is 11.2 Å². The van der Waals surface area contributed by atoms with Crippen molar-refractivity contribution in [3.63, 3.8) is 0 Å². The van der Waals surface area contributed by atoms with E-state index in [1.165, 1.54) is 11.3 Å². The Hall–Kier alpha value is -4.14. The van der Waals surface area contributed by atoms with E-state index in [1.807, 2.05) is 47.8 Å². The summed E-state index contributed by atoms with van der Waals surface area (Å²) in [5.74, 6) is -0.938. The van der Waals surface area contributed by atoms with E-state index in [2.05, 4.69) is 46.4 Å². The maximum atomic E-state index is 13.5. The molecule has 0 aliphatic carbocycles. The molecule has 5 aromatic rings. The van der Waals surface area contributed by atoms with Gasteiger partial charge in [-0.15, -0.1) is 11.3 Å². The van der Waals surface area contributed by atoms with Crippen LogP contribution in [0.15, 0.2) is 72.1 Å². The standard InChI is InChI=1S/C31H28N4O3S/c1-3-35-15-14-26-24(17-35)28(23-10-6-7-11-25(23)32-26)30(37)38-19(2)29(36)34-31-33-27(18-39-31)22-13-12-20-8-4-5-9-21(20)16-22/h4-13,16,18-19H,3,14-15,17H2,1-2H3,(H,33,34,36). The molecule has 8 heteroatoms. The van der Waals surface area contributed by atoms with Gasteiger partial charge in [0.25, 0.3) is 5.91 Å². The molecule has 1 unspecified atom stereocenters. The van der Waals surface area contributed by atoms with Crippen LogP contribution in [-0.2, 0) is 22.5 Å².